The van der Waals surface area contributed by atoms with Crippen molar-refractivity contribution in [2.45, 2.75) is 19.3 Å². The zero-order chi connectivity index (χ0) is 16.9. The van der Waals surface area contributed by atoms with E-state index in [4.69, 9.17) is 0 Å². The summed E-state index contributed by atoms with van der Waals surface area (Å²) in [6.07, 6.45) is 7.40. The van der Waals surface area contributed by atoms with Crippen LogP contribution in [0.15, 0.2) is 66.0 Å². The van der Waals surface area contributed by atoms with Crippen molar-refractivity contribution < 1.29 is 0 Å². The highest BCUT2D eigenvalue weighted by Crippen LogP contribution is 2.20. The van der Waals surface area contributed by atoms with E-state index in [2.05, 4.69) is 44.5 Å². The fourth-order valence-electron chi connectivity index (χ4n) is 3.14. The Bertz CT molecular complexity index is 830. The quantitative estimate of drug-likeness (QED) is 0.683. The Hall–Kier alpha value is -2.95. The first-order valence-electron chi connectivity index (χ1n) is 8.75. The van der Waals surface area contributed by atoms with Crippen molar-refractivity contribution in [3.05, 3.63) is 66.5 Å². The van der Waals surface area contributed by atoms with Gasteiger partial charge in [-0.25, -0.2) is 0 Å². The molecule has 3 aromatic rings. The summed E-state index contributed by atoms with van der Waals surface area (Å²) in [6.45, 7) is 2.32. The van der Waals surface area contributed by atoms with Crippen LogP contribution in [0.5, 0.6) is 0 Å². The van der Waals surface area contributed by atoms with Crippen molar-refractivity contribution in [2.75, 3.05) is 18.0 Å². The topological polar surface area (TPSA) is 46.3 Å². The molecule has 0 saturated carbocycles. The first-order chi connectivity index (χ1) is 12.4. The van der Waals surface area contributed by atoms with Crippen LogP contribution in [0.1, 0.15) is 24.8 Å². The summed E-state index contributed by atoms with van der Waals surface area (Å²) < 4.78 is 1.70. The first kappa shape index (κ1) is 15.6. The van der Waals surface area contributed by atoms with Gasteiger partial charge in [0.25, 0.3) is 0 Å². The number of aromatic nitrogens is 3. The lowest BCUT2D eigenvalue weighted by molar-refractivity contribution is 0.578. The van der Waals surface area contributed by atoms with Crippen LogP contribution in [0, 0.1) is 0 Å². The average Bonchev–Trinajstić information content (AvgIpc) is 3.17. The Morgan fingerprint density at radius 3 is 2.40 bits per heavy atom. The third-order valence-electron chi connectivity index (χ3n) is 4.51. The number of hydrogen-bond acceptors (Lipinski definition) is 4. The zero-order valence-corrected chi connectivity index (χ0v) is 14.1. The van der Waals surface area contributed by atoms with Crippen LogP contribution in [0.4, 0.5) is 5.69 Å². The van der Waals surface area contributed by atoms with Crippen LogP contribution in [0.2, 0.25) is 0 Å². The summed E-state index contributed by atoms with van der Waals surface area (Å²) in [7, 11) is 0. The van der Waals surface area contributed by atoms with Gasteiger partial charge in [0.05, 0.1) is 6.21 Å². The van der Waals surface area contributed by atoms with Gasteiger partial charge in [-0.2, -0.15) is 9.78 Å². The van der Waals surface area contributed by atoms with Gasteiger partial charge in [-0.1, -0.05) is 42.5 Å². The second-order valence-electron chi connectivity index (χ2n) is 6.25. The minimum Gasteiger partial charge on any atom is -0.372 e. The number of rotatable bonds is 4. The molecule has 5 heteroatoms. The lowest BCUT2D eigenvalue weighted by Gasteiger charge is -2.28. The molecule has 126 valence electrons. The van der Waals surface area contributed by atoms with Crippen molar-refractivity contribution in [1.29, 1.82) is 0 Å². The number of anilines is 1. The summed E-state index contributed by atoms with van der Waals surface area (Å²) in [5, 5.41) is 12.7. The molecule has 2 heterocycles. The highest BCUT2D eigenvalue weighted by atomic mass is 15.4. The van der Waals surface area contributed by atoms with E-state index in [1.54, 1.807) is 11.0 Å². The zero-order valence-electron chi connectivity index (χ0n) is 14.1. The van der Waals surface area contributed by atoms with E-state index >= 15 is 0 Å². The van der Waals surface area contributed by atoms with Gasteiger partial charge < -0.3 is 4.90 Å². The Kier molecular flexibility index (Phi) is 4.55. The fraction of sp³-hybridized carbons (Fsp3) is 0.250. The average molecular weight is 331 g/mol. The van der Waals surface area contributed by atoms with Gasteiger partial charge in [-0.15, -0.1) is 10.2 Å². The maximum atomic E-state index is 4.51. The first-order valence-corrected chi connectivity index (χ1v) is 8.75. The van der Waals surface area contributed by atoms with Crippen LogP contribution in [0.3, 0.4) is 0 Å². The molecule has 1 aromatic heterocycles. The van der Waals surface area contributed by atoms with Crippen molar-refractivity contribution >= 4 is 11.9 Å². The van der Waals surface area contributed by atoms with Gasteiger partial charge in [0, 0.05) is 24.3 Å². The van der Waals surface area contributed by atoms with E-state index in [0.717, 1.165) is 30.0 Å². The summed E-state index contributed by atoms with van der Waals surface area (Å²) >= 11 is 0. The van der Waals surface area contributed by atoms with Crippen LogP contribution in [0.25, 0.3) is 11.4 Å². The standard InChI is InChI=1S/C20H21N5/c1-3-7-18(8-4-1)20-23-21-16-25(20)22-15-17-9-11-19(12-10-17)24-13-5-2-6-14-24/h1,3-4,7-12,15-16H,2,5-6,13-14H2/b22-15-. The van der Waals surface area contributed by atoms with Crippen molar-refractivity contribution in [2.24, 2.45) is 5.10 Å². The summed E-state index contributed by atoms with van der Waals surface area (Å²) in [5.74, 6) is 0.738. The lowest BCUT2D eigenvalue weighted by Crippen LogP contribution is -2.29. The minimum atomic E-state index is 0.738. The Labute approximate surface area is 147 Å². The molecule has 0 aliphatic carbocycles. The van der Waals surface area contributed by atoms with Gasteiger partial charge >= 0.3 is 0 Å². The largest absolute Gasteiger partial charge is 0.372 e. The molecule has 0 bridgehead atoms. The Morgan fingerprint density at radius 2 is 1.64 bits per heavy atom. The summed E-state index contributed by atoms with van der Waals surface area (Å²) in [4.78, 5) is 2.46. The predicted octanol–water partition coefficient (Wildman–Crippen LogP) is 3.82. The molecule has 0 unspecified atom stereocenters. The number of piperidine rings is 1. The second kappa shape index (κ2) is 7.30. The van der Waals surface area contributed by atoms with Gasteiger partial charge in [-0.05, 0) is 37.0 Å². The number of benzene rings is 2. The molecule has 1 fully saturated rings. The molecule has 0 amide bonds. The summed E-state index contributed by atoms with van der Waals surface area (Å²) in [5.41, 5.74) is 3.36. The molecule has 4 rings (SSSR count). The van der Waals surface area contributed by atoms with Gasteiger partial charge in [-0.3, -0.25) is 0 Å². The molecule has 0 radical (unpaired) electrons. The molecule has 25 heavy (non-hydrogen) atoms. The van der Waals surface area contributed by atoms with E-state index in [1.807, 2.05) is 36.5 Å². The molecular weight excluding hydrogens is 310 g/mol. The fourth-order valence-corrected chi connectivity index (χ4v) is 3.14. The van der Waals surface area contributed by atoms with Gasteiger partial charge in [0.2, 0.25) is 0 Å². The molecule has 1 aliphatic rings. The van der Waals surface area contributed by atoms with E-state index in [1.165, 1.54) is 24.9 Å². The highest BCUT2D eigenvalue weighted by Gasteiger charge is 2.10. The van der Waals surface area contributed by atoms with Gasteiger partial charge in [0.1, 0.15) is 6.33 Å². The number of nitrogens with zero attached hydrogens (tertiary/aromatic N) is 5. The normalized spacial score (nSPS) is 15.0. The van der Waals surface area contributed by atoms with Crippen LogP contribution in [-0.4, -0.2) is 34.2 Å². The van der Waals surface area contributed by atoms with Crippen LogP contribution >= 0.6 is 0 Å². The predicted molar refractivity (Wildman–Crippen MR) is 101 cm³/mol. The molecule has 1 aliphatic heterocycles. The maximum absolute atomic E-state index is 4.51. The minimum absolute atomic E-state index is 0.738. The number of hydrogen-bond donors (Lipinski definition) is 0. The van der Waals surface area contributed by atoms with Crippen molar-refractivity contribution in [3.63, 3.8) is 0 Å². The Morgan fingerprint density at radius 1 is 0.880 bits per heavy atom. The van der Waals surface area contributed by atoms with Crippen LogP contribution in [-0.2, 0) is 0 Å². The molecule has 1 saturated heterocycles. The SMILES string of the molecule is C(=N/n1cnnc1-c1ccccc1)/c1ccc(N2CCCCC2)cc1. The van der Waals surface area contributed by atoms with E-state index in [-0.39, 0.29) is 0 Å². The highest BCUT2D eigenvalue weighted by molar-refractivity contribution is 5.80. The molecule has 0 spiro atoms. The molecular formula is C20H21N5. The molecule has 0 N–H and O–H groups in total. The second-order valence-corrected chi connectivity index (χ2v) is 6.25. The third-order valence-corrected chi connectivity index (χ3v) is 4.51. The lowest BCUT2D eigenvalue weighted by atomic mass is 10.1. The summed E-state index contributed by atoms with van der Waals surface area (Å²) in [6, 6.07) is 18.5. The van der Waals surface area contributed by atoms with E-state index in [0.29, 0.717) is 0 Å². The molecule has 5 nitrogen and oxygen atoms in total. The molecule has 0 atom stereocenters. The van der Waals surface area contributed by atoms with Crippen molar-refractivity contribution in [1.82, 2.24) is 14.9 Å². The smallest absolute Gasteiger partial charge is 0.184 e. The van der Waals surface area contributed by atoms with E-state index in [9.17, 15) is 0 Å². The molecule has 2 aromatic carbocycles. The maximum Gasteiger partial charge on any atom is 0.184 e. The van der Waals surface area contributed by atoms with Crippen molar-refractivity contribution in [3.8, 4) is 11.4 Å². The third kappa shape index (κ3) is 3.60. The van der Waals surface area contributed by atoms with Gasteiger partial charge in [0.15, 0.2) is 5.82 Å². The van der Waals surface area contributed by atoms with E-state index < -0.39 is 0 Å². The monoisotopic (exact) mass is 331 g/mol. The van der Waals surface area contributed by atoms with Crippen LogP contribution < -0.4 is 4.90 Å². The Balaban J connectivity index is 1.50.